The maximum absolute atomic E-state index is 4.00. The van der Waals surface area contributed by atoms with Crippen LogP contribution in [-0.2, 0) is 28.4 Å². The molecule has 0 aliphatic carbocycles. The van der Waals surface area contributed by atoms with Gasteiger partial charge in [-0.25, -0.2) is 0 Å². The molecule has 0 spiro atoms. The van der Waals surface area contributed by atoms with E-state index >= 15 is 0 Å². The molecule has 2 aromatic carbocycles. The van der Waals surface area contributed by atoms with Crippen molar-refractivity contribution in [1.29, 1.82) is 0 Å². The number of para-hydroxylation sites is 2. The van der Waals surface area contributed by atoms with Crippen molar-refractivity contribution in [3.63, 3.8) is 0 Å². The molecular formula is C33H50Br2Cu2N4. The molecule has 2 heterocycles. The second-order valence-corrected chi connectivity index (χ2v) is 12.2. The van der Waals surface area contributed by atoms with Crippen molar-refractivity contribution in [2.75, 3.05) is 49.1 Å². The van der Waals surface area contributed by atoms with E-state index in [1.807, 2.05) is 0 Å². The molecule has 2 aliphatic rings. The monoisotopic (exact) mass is 786 g/mol. The molecule has 0 N–H and O–H groups in total. The summed E-state index contributed by atoms with van der Waals surface area (Å²) >= 11 is 13.0. The summed E-state index contributed by atoms with van der Waals surface area (Å²) in [6, 6.07) is 13.8. The molecule has 0 atom stereocenters. The van der Waals surface area contributed by atoms with Gasteiger partial charge in [-0.1, -0.05) is 91.8 Å². The summed E-state index contributed by atoms with van der Waals surface area (Å²) in [6.07, 6.45) is 1.18. The fraction of sp³-hybridized carbons (Fsp3) is 0.576. The molecule has 238 valence electrons. The van der Waals surface area contributed by atoms with E-state index in [1.165, 1.54) is 40.0 Å². The van der Waals surface area contributed by atoms with E-state index in [2.05, 4.69) is 181 Å². The van der Waals surface area contributed by atoms with Crippen LogP contribution in [-0.4, -0.2) is 49.1 Å². The molecule has 0 saturated carbocycles. The molecule has 0 radical (unpaired) electrons. The summed E-state index contributed by atoms with van der Waals surface area (Å²) in [5.74, 6) is 2.12. The molecule has 41 heavy (non-hydrogen) atoms. The number of anilines is 2. The Morgan fingerprint density at radius 3 is 1.12 bits per heavy atom. The van der Waals surface area contributed by atoms with Gasteiger partial charge in [-0.05, 0) is 78.5 Å². The molecule has 2 saturated heterocycles. The summed E-state index contributed by atoms with van der Waals surface area (Å²) in [4.78, 5) is 10.1. The quantitative estimate of drug-likeness (QED) is 0.176. The average molecular weight is 790 g/mol. The summed E-state index contributed by atoms with van der Waals surface area (Å²) in [7, 11) is 0. The third kappa shape index (κ3) is 9.98. The normalized spacial score (nSPS) is 16.1. The Morgan fingerprint density at radius 2 is 0.854 bits per heavy atom. The van der Waals surface area contributed by atoms with Gasteiger partial charge in [0.1, 0.15) is 0 Å². The molecule has 0 aromatic heterocycles. The molecule has 2 fully saturated rings. The summed E-state index contributed by atoms with van der Waals surface area (Å²) in [5.41, 5.74) is 8.78. The van der Waals surface area contributed by atoms with Gasteiger partial charge in [0, 0.05) is 24.5 Å². The van der Waals surface area contributed by atoms with Crippen LogP contribution < -0.4 is 9.80 Å². The van der Waals surface area contributed by atoms with Gasteiger partial charge in [-0.2, -0.15) is 13.3 Å². The first-order valence-electron chi connectivity index (χ1n) is 14.9. The molecule has 2 aliphatic heterocycles. The predicted octanol–water partition coefficient (Wildman–Crippen LogP) is 9.44. The van der Waals surface area contributed by atoms with Crippen molar-refractivity contribution in [2.45, 2.75) is 85.5 Å². The van der Waals surface area contributed by atoms with Gasteiger partial charge in [0.2, 0.25) is 0 Å². The Morgan fingerprint density at radius 1 is 0.561 bits per heavy atom. The van der Waals surface area contributed by atoms with Gasteiger partial charge in [0.05, 0.1) is 0 Å². The number of nitrogens with zero attached hydrogens (tertiary/aromatic N) is 4. The van der Waals surface area contributed by atoms with Gasteiger partial charge in [-0.15, -0.1) is 0 Å². The molecule has 0 unspecified atom stereocenters. The summed E-state index contributed by atoms with van der Waals surface area (Å²) < 4.78 is 0. The number of rotatable bonds is 10. The summed E-state index contributed by atoms with van der Waals surface area (Å²) in [5, 5.41) is 0. The third-order valence-corrected chi connectivity index (χ3v) is 8.01. The average Bonchev–Trinajstić information content (AvgIpc) is 3.64. The van der Waals surface area contributed by atoms with E-state index in [0.717, 1.165) is 39.3 Å². The van der Waals surface area contributed by atoms with Crippen molar-refractivity contribution >= 4 is 39.6 Å². The van der Waals surface area contributed by atoms with Gasteiger partial charge in [-0.3, -0.25) is 0 Å². The minimum atomic E-state index is 0.529. The van der Waals surface area contributed by atoms with Crippen LogP contribution in [0.2, 0.25) is 0 Å². The molecule has 4 rings (SSSR count). The van der Waals surface area contributed by atoms with Gasteiger partial charge in [0.15, 0.2) is 0 Å². The topological polar surface area (TPSA) is 13.0 Å². The van der Waals surface area contributed by atoms with Crippen molar-refractivity contribution in [1.82, 2.24) is 9.80 Å². The zero-order valence-corrected chi connectivity index (χ0v) is 31.1. The number of hydrogen-bond acceptors (Lipinski definition) is 4. The SMILES string of the molecule is CC(C)c1cccc(C(C)C)c1N1[CH-]N(CCCN2[CH-]N(c3c(C(C)C)cccc3C(C)C)CC2)CC1.[Cu+][Br].[Cu+][Br]. The van der Waals surface area contributed by atoms with Crippen LogP contribution in [0, 0.1) is 13.3 Å². The third-order valence-electron chi connectivity index (χ3n) is 8.01. The zero-order chi connectivity index (χ0) is 30.7. The molecular weight excluding hydrogens is 739 g/mol. The van der Waals surface area contributed by atoms with E-state index in [1.54, 1.807) is 0 Å². The van der Waals surface area contributed by atoms with Crippen LogP contribution in [0.5, 0.6) is 0 Å². The molecule has 8 heteroatoms. The van der Waals surface area contributed by atoms with Gasteiger partial charge >= 0.3 is 56.6 Å². The molecule has 4 nitrogen and oxygen atoms in total. The minimum absolute atomic E-state index is 0.529. The van der Waals surface area contributed by atoms with E-state index < -0.39 is 0 Å². The fourth-order valence-corrected chi connectivity index (χ4v) is 5.94. The van der Waals surface area contributed by atoms with Crippen molar-refractivity contribution in [3.8, 4) is 0 Å². The van der Waals surface area contributed by atoms with Crippen LogP contribution >= 0.6 is 28.2 Å². The van der Waals surface area contributed by atoms with Crippen molar-refractivity contribution in [2.24, 2.45) is 0 Å². The molecule has 2 aromatic rings. The standard InChI is InChI=1S/C33H50N4.2BrH.2Cu/c1-24(2)28-12-9-13-29(25(3)4)32(28)36-20-18-34(22-36)16-11-17-35-19-21-37(23-35)33-30(26(5)6)14-10-15-31(33)27(7)8;;;;/h9-10,12-15,22-27H,11,16-21H2,1-8H3;2*1H;;/q-2;;;2*+2/p-2. The zero-order valence-electron chi connectivity index (χ0n) is 26.0. The molecule has 0 bridgehead atoms. The van der Waals surface area contributed by atoms with Crippen LogP contribution in [0.25, 0.3) is 0 Å². The van der Waals surface area contributed by atoms with E-state index in [4.69, 9.17) is 0 Å². The predicted molar refractivity (Wildman–Crippen MR) is 178 cm³/mol. The van der Waals surface area contributed by atoms with Crippen LogP contribution in [0.4, 0.5) is 11.4 Å². The van der Waals surface area contributed by atoms with Crippen LogP contribution in [0.3, 0.4) is 0 Å². The van der Waals surface area contributed by atoms with Crippen LogP contribution in [0.1, 0.15) is 108 Å². The Balaban J connectivity index is 0.00000141. The first-order valence-corrected chi connectivity index (χ1v) is 19.5. The second-order valence-electron chi connectivity index (χ2n) is 12.2. The number of halogens is 2. The first kappa shape index (κ1) is 37.1. The van der Waals surface area contributed by atoms with Gasteiger partial charge < -0.3 is 19.6 Å². The number of benzene rings is 2. The first-order chi connectivity index (χ1) is 19.7. The van der Waals surface area contributed by atoms with E-state index in [-0.39, 0.29) is 0 Å². The van der Waals surface area contributed by atoms with Gasteiger partial charge in [0.25, 0.3) is 0 Å². The maximum atomic E-state index is 4.00. The summed E-state index contributed by atoms with van der Waals surface area (Å²) in [6.45, 7) is 29.9. The van der Waals surface area contributed by atoms with E-state index in [0.29, 0.717) is 23.7 Å². The Kier molecular flexibility index (Phi) is 16.9. The number of hydrogen-bond donors (Lipinski definition) is 0. The van der Waals surface area contributed by atoms with Crippen molar-refractivity contribution < 1.29 is 28.4 Å². The Bertz CT molecular complexity index is 914. The van der Waals surface area contributed by atoms with Crippen LogP contribution in [0.15, 0.2) is 36.4 Å². The van der Waals surface area contributed by atoms with Crippen molar-refractivity contribution in [3.05, 3.63) is 72.0 Å². The second kappa shape index (κ2) is 18.7. The Labute approximate surface area is 282 Å². The molecule has 0 amide bonds. The fourth-order valence-electron chi connectivity index (χ4n) is 5.94. The van der Waals surface area contributed by atoms with E-state index in [9.17, 15) is 0 Å². The Hall–Kier alpha value is -0.0410.